The first-order valence-electron chi connectivity index (χ1n) is 8.23. The fraction of sp³-hybridized carbons (Fsp3) is 0.350. The van der Waals surface area contributed by atoms with E-state index in [0.29, 0.717) is 0 Å². The molecule has 0 aliphatic carbocycles. The summed E-state index contributed by atoms with van der Waals surface area (Å²) in [6, 6.07) is 16.6. The molecule has 120 valence electrons. The minimum atomic E-state index is -0.157. The van der Waals surface area contributed by atoms with Crippen LogP contribution < -0.4 is 0 Å². The van der Waals surface area contributed by atoms with E-state index in [0.717, 1.165) is 31.5 Å². The van der Waals surface area contributed by atoms with Gasteiger partial charge in [-0.05, 0) is 43.9 Å². The number of hydrogen-bond acceptors (Lipinski definition) is 2. The Labute approximate surface area is 142 Å². The Hall–Kier alpha value is -1.74. The van der Waals surface area contributed by atoms with Gasteiger partial charge in [0, 0.05) is 18.0 Å². The lowest BCUT2D eigenvalue weighted by Gasteiger charge is -2.24. The Morgan fingerprint density at radius 3 is 2.39 bits per heavy atom. The molecule has 3 heteroatoms. The molecule has 0 radical (unpaired) electrons. The number of hydrogen-bond donors (Lipinski definition) is 0. The Bertz CT molecular complexity index is 677. The van der Waals surface area contributed by atoms with Crippen molar-refractivity contribution in [1.29, 1.82) is 0 Å². The largest absolute Gasteiger partial charge is 0.341 e. The van der Waals surface area contributed by atoms with Crippen LogP contribution in [0.1, 0.15) is 34.8 Å². The molecule has 1 fully saturated rings. The fourth-order valence-corrected chi connectivity index (χ4v) is 4.24. The van der Waals surface area contributed by atoms with E-state index in [9.17, 15) is 4.79 Å². The van der Waals surface area contributed by atoms with Crippen molar-refractivity contribution >= 4 is 17.7 Å². The number of aryl methyl sites for hydroxylation is 2. The van der Waals surface area contributed by atoms with Crippen LogP contribution in [0.4, 0.5) is 0 Å². The highest BCUT2D eigenvalue weighted by Crippen LogP contribution is 2.39. The van der Waals surface area contributed by atoms with Gasteiger partial charge in [0.1, 0.15) is 5.25 Å². The first-order chi connectivity index (χ1) is 11.1. The Morgan fingerprint density at radius 1 is 1.04 bits per heavy atom. The van der Waals surface area contributed by atoms with E-state index in [4.69, 9.17) is 0 Å². The Morgan fingerprint density at radius 2 is 1.74 bits per heavy atom. The monoisotopic (exact) mass is 325 g/mol. The molecule has 1 heterocycles. The molecule has 2 aromatic carbocycles. The second kappa shape index (κ2) is 7.22. The maximum Gasteiger partial charge on any atom is 0.240 e. The molecule has 23 heavy (non-hydrogen) atoms. The van der Waals surface area contributed by atoms with Gasteiger partial charge in [-0.15, -0.1) is 11.8 Å². The number of thioether (sulfide) groups is 1. The normalized spacial score (nSPS) is 15.7. The van der Waals surface area contributed by atoms with Crippen molar-refractivity contribution in [2.24, 2.45) is 0 Å². The van der Waals surface area contributed by atoms with Crippen LogP contribution >= 0.6 is 11.8 Å². The molecular formula is C20H23NOS. The summed E-state index contributed by atoms with van der Waals surface area (Å²) >= 11 is 1.68. The van der Waals surface area contributed by atoms with E-state index < -0.39 is 0 Å². The minimum absolute atomic E-state index is 0.157. The number of nitrogens with zero attached hydrogens (tertiary/aromatic N) is 1. The molecule has 2 nitrogen and oxygen atoms in total. The molecule has 1 atom stereocenters. The van der Waals surface area contributed by atoms with Gasteiger partial charge in [-0.1, -0.05) is 48.0 Å². The molecule has 1 aliphatic heterocycles. The van der Waals surface area contributed by atoms with Gasteiger partial charge < -0.3 is 4.90 Å². The minimum Gasteiger partial charge on any atom is -0.341 e. The molecule has 0 N–H and O–H groups in total. The zero-order valence-electron chi connectivity index (χ0n) is 13.8. The summed E-state index contributed by atoms with van der Waals surface area (Å²) < 4.78 is 0. The third-order valence-corrected chi connectivity index (χ3v) is 5.74. The molecule has 1 unspecified atom stereocenters. The quantitative estimate of drug-likeness (QED) is 0.755. The number of amides is 1. The lowest BCUT2D eigenvalue weighted by molar-refractivity contribution is -0.129. The highest BCUT2D eigenvalue weighted by atomic mass is 32.2. The van der Waals surface area contributed by atoms with Crippen molar-refractivity contribution in [1.82, 2.24) is 4.90 Å². The topological polar surface area (TPSA) is 20.3 Å². The van der Waals surface area contributed by atoms with Gasteiger partial charge in [0.15, 0.2) is 0 Å². The fourth-order valence-electron chi connectivity index (χ4n) is 3.05. The number of benzene rings is 2. The highest BCUT2D eigenvalue weighted by molar-refractivity contribution is 8.00. The van der Waals surface area contributed by atoms with Crippen LogP contribution in [-0.4, -0.2) is 23.9 Å². The summed E-state index contributed by atoms with van der Waals surface area (Å²) in [4.78, 5) is 16.2. The van der Waals surface area contributed by atoms with E-state index in [1.165, 1.54) is 16.0 Å². The second-order valence-corrected chi connectivity index (χ2v) is 7.36. The molecule has 1 amide bonds. The third kappa shape index (κ3) is 3.78. The first kappa shape index (κ1) is 16.1. The molecule has 0 bridgehead atoms. The van der Waals surface area contributed by atoms with Crippen molar-refractivity contribution in [3.63, 3.8) is 0 Å². The van der Waals surface area contributed by atoms with Gasteiger partial charge in [0.2, 0.25) is 5.91 Å². The van der Waals surface area contributed by atoms with Crippen molar-refractivity contribution in [3.8, 4) is 0 Å². The predicted octanol–water partition coefficient (Wildman–Crippen LogP) is 4.76. The molecule has 3 rings (SSSR count). The summed E-state index contributed by atoms with van der Waals surface area (Å²) in [7, 11) is 0. The molecule has 0 saturated carbocycles. The van der Waals surface area contributed by atoms with Gasteiger partial charge in [-0.3, -0.25) is 4.79 Å². The maximum atomic E-state index is 13.0. The SMILES string of the molecule is Cc1ccc(SC(C(=O)N2CCCC2)c2ccccc2)c(C)c1. The van der Waals surface area contributed by atoms with Crippen molar-refractivity contribution in [3.05, 3.63) is 65.2 Å². The third-order valence-electron chi connectivity index (χ3n) is 4.32. The Kier molecular flexibility index (Phi) is 5.06. The summed E-state index contributed by atoms with van der Waals surface area (Å²) in [5.74, 6) is 0.249. The summed E-state index contributed by atoms with van der Waals surface area (Å²) in [5, 5.41) is -0.157. The van der Waals surface area contributed by atoms with Crippen LogP contribution in [0.15, 0.2) is 53.4 Å². The summed E-state index contributed by atoms with van der Waals surface area (Å²) in [5.41, 5.74) is 3.59. The van der Waals surface area contributed by atoms with E-state index in [1.54, 1.807) is 11.8 Å². The lowest BCUT2D eigenvalue weighted by Crippen LogP contribution is -2.31. The molecular weight excluding hydrogens is 302 g/mol. The van der Waals surface area contributed by atoms with E-state index in [2.05, 4.69) is 44.2 Å². The van der Waals surface area contributed by atoms with Gasteiger partial charge >= 0.3 is 0 Å². The summed E-state index contributed by atoms with van der Waals surface area (Å²) in [6.07, 6.45) is 2.25. The van der Waals surface area contributed by atoms with Crippen LogP contribution in [0.25, 0.3) is 0 Å². The first-order valence-corrected chi connectivity index (χ1v) is 9.11. The number of carbonyl (C=O) groups is 1. The van der Waals surface area contributed by atoms with Crippen LogP contribution in [0.3, 0.4) is 0 Å². The van der Waals surface area contributed by atoms with Crippen LogP contribution in [0.2, 0.25) is 0 Å². The van der Waals surface area contributed by atoms with Crippen LogP contribution in [0, 0.1) is 13.8 Å². The molecule has 1 saturated heterocycles. The molecule has 2 aromatic rings. The number of likely N-dealkylation sites (tertiary alicyclic amines) is 1. The lowest BCUT2D eigenvalue weighted by atomic mass is 10.1. The molecule has 0 aromatic heterocycles. The standard InChI is InChI=1S/C20H23NOS/c1-15-10-11-18(16(2)14-15)23-19(17-8-4-3-5-9-17)20(22)21-12-6-7-13-21/h3-5,8-11,14,19H,6-7,12-13H2,1-2H3. The smallest absolute Gasteiger partial charge is 0.240 e. The zero-order valence-corrected chi connectivity index (χ0v) is 14.6. The molecule has 0 spiro atoms. The average Bonchev–Trinajstić information content (AvgIpc) is 3.09. The van der Waals surface area contributed by atoms with Gasteiger partial charge in [0.25, 0.3) is 0 Å². The van der Waals surface area contributed by atoms with Gasteiger partial charge in [0.05, 0.1) is 0 Å². The van der Waals surface area contributed by atoms with E-state index in [1.807, 2.05) is 23.1 Å². The van der Waals surface area contributed by atoms with Crippen molar-refractivity contribution < 1.29 is 4.79 Å². The Balaban J connectivity index is 1.90. The highest BCUT2D eigenvalue weighted by Gasteiger charge is 2.28. The van der Waals surface area contributed by atoms with Crippen molar-refractivity contribution in [2.75, 3.05) is 13.1 Å². The number of rotatable bonds is 4. The maximum absolute atomic E-state index is 13.0. The van der Waals surface area contributed by atoms with Crippen LogP contribution in [0.5, 0.6) is 0 Å². The summed E-state index contributed by atoms with van der Waals surface area (Å²) in [6.45, 7) is 6.02. The molecule has 1 aliphatic rings. The van der Waals surface area contributed by atoms with Gasteiger partial charge in [-0.2, -0.15) is 0 Å². The zero-order chi connectivity index (χ0) is 16.2. The van der Waals surface area contributed by atoms with Crippen LogP contribution in [-0.2, 0) is 4.79 Å². The predicted molar refractivity (Wildman–Crippen MR) is 96.8 cm³/mol. The average molecular weight is 325 g/mol. The second-order valence-electron chi connectivity index (χ2n) is 6.21. The van der Waals surface area contributed by atoms with E-state index >= 15 is 0 Å². The van der Waals surface area contributed by atoms with E-state index in [-0.39, 0.29) is 11.2 Å². The van der Waals surface area contributed by atoms with Crippen molar-refractivity contribution in [2.45, 2.75) is 36.8 Å². The number of carbonyl (C=O) groups excluding carboxylic acids is 1. The van der Waals surface area contributed by atoms with Gasteiger partial charge in [-0.25, -0.2) is 0 Å².